The normalized spacial score (nSPS) is 13.0. The number of benzene rings is 1. The number of nitrogens with one attached hydrogen (secondary N) is 1. The fourth-order valence-corrected chi connectivity index (χ4v) is 2.78. The highest BCUT2D eigenvalue weighted by Gasteiger charge is 2.37. The van der Waals surface area contributed by atoms with Gasteiger partial charge >= 0.3 is 6.18 Å². The first kappa shape index (κ1) is 18.3. The molecule has 0 unspecified atom stereocenters. The van der Waals surface area contributed by atoms with Crippen molar-refractivity contribution in [1.29, 1.82) is 0 Å². The number of aromatic nitrogens is 3. The molecule has 2 aromatic heterocycles. The largest absolute Gasteiger partial charge is 0.408 e. The second-order valence-corrected chi connectivity index (χ2v) is 6.18. The van der Waals surface area contributed by atoms with Gasteiger partial charge in [-0.1, -0.05) is 17.7 Å². The zero-order valence-corrected chi connectivity index (χ0v) is 14.5. The third-order valence-corrected chi connectivity index (χ3v) is 4.12. The molecule has 26 heavy (non-hydrogen) atoms. The summed E-state index contributed by atoms with van der Waals surface area (Å²) in [6.45, 7) is 2.62. The minimum absolute atomic E-state index is 0.0503. The van der Waals surface area contributed by atoms with Gasteiger partial charge in [0.25, 0.3) is 0 Å². The SMILES string of the molecule is Cc1cc(Cl)ccc1-c1c(F)nc2nccnc2c1N[C@@H](C)C(F)(F)F. The van der Waals surface area contributed by atoms with E-state index in [1.165, 1.54) is 24.5 Å². The highest BCUT2D eigenvalue weighted by molar-refractivity contribution is 6.30. The van der Waals surface area contributed by atoms with Gasteiger partial charge in [0.05, 0.1) is 11.3 Å². The monoisotopic (exact) mass is 384 g/mol. The van der Waals surface area contributed by atoms with Crippen LogP contribution in [-0.4, -0.2) is 27.2 Å². The number of fused-ring (bicyclic) bond motifs is 1. The topological polar surface area (TPSA) is 50.7 Å². The number of hydrogen-bond donors (Lipinski definition) is 1. The Bertz CT molecular complexity index is 975. The predicted octanol–water partition coefficient (Wildman–Crippen LogP) is 5.16. The Morgan fingerprint density at radius 3 is 2.50 bits per heavy atom. The molecule has 0 bridgehead atoms. The highest BCUT2D eigenvalue weighted by Crippen LogP contribution is 2.38. The summed E-state index contributed by atoms with van der Waals surface area (Å²) in [5.74, 6) is -0.944. The van der Waals surface area contributed by atoms with Gasteiger partial charge in [0.15, 0.2) is 5.65 Å². The quantitative estimate of drug-likeness (QED) is 0.501. The van der Waals surface area contributed by atoms with Crippen LogP contribution in [0.25, 0.3) is 22.3 Å². The summed E-state index contributed by atoms with van der Waals surface area (Å²) in [6.07, 6.45) is -1.93. The summed E-state index contributed by atoms with van der Waals surface area (Å²) in [5, 5.41) is 2.76. The minimum atomic E-state index is -4.53. The van der Waals surface area contributed by atoms with E-state index in [9.17, 15) is 17.6 Å². The molecule has 0 amide bonds. The molecule has 1 atom stereocenters. The van der Waals surface area contributed by atoms with Gasteiger partial charge in [-0.3, -0.25) is 0 Å². The minimum Gasteiger partial charge on any atom is -0.372 e. The lowest BCUT2D eigenvalue weighted by molar-refractivity contribution is -0.138. The molecule has 0 saturated heterocycles. The van der Waals surface area contributed by atoms with E-state index in [0.29, 0.717) is 16.1 Å². The van der Waals surface area contributed by atoms with Gasteiger partial charge in [-0.15, -0.1) is 0 Å². The van der Waals surface area contributed by atoms with Gasteiger partial charge in [0, 0.05) is 17.4 Å². The number of anilines is 1. The van der Waals surface area contributed by atoms with E-state index >= 15 is 0 Å². The van der Waals surface area contributed by atoms with Gasteiger partial charge in [-0.05, 0) is 37.1 Å². The summed E-state index contributed by atoms with van der Waals surface area (Å²) in [5.41, 5.74) is 0.693. The maximum Gasteiger partial charge on any atom is 0.408 e. The first-order valence-corrected chi connectivity index (χ1v) is 7.96. The lowest BCUT2D eigenvalue weighted by Gasteiger charge is -2.22. The van der Waals surface area contributed by atoms with Crippen molar-refractivity contribution >= 4 is 28.5 Å². The number of pyridine rings is 1. The van der Waals surface area contributed by atoms with Gasteiger partial charge in [0.2, 0.25) is 5.95 Å². The Balaban J connectivity index is 2.30. The zero-order valence-electron chi connectivity index (χ0n) is 13.7. The van der Waals surface area contributed by atoms with Crippen molar-refractivity contribution in [2.45, 2.75) is 26.1 Å². The molecule has 0 radical (unpaired) electrons. The van der Waals surface area contributed by atoms with Crippen LogP contribution >= 0.6 is 11.6 Å². The number of alkyl halides is 3. The van der Waals surface area contributed by atoms with Crippen LogP contribution in [0.15, 0.2) is 30.6 Å². The fourth-order valence-electron chi connectivity index (χ4n) is 2.55. The summed E-state index contributed by atoms with van der Waals surface area (Å²) in [7, 11) is 0. The van der Waals surface area contributed by atoms with Crippen molar-refractivity contribution in [1.82, 2.24) is 15.0 Å². The first-order valence-electron chi connectivity index (χ1n) is 7.58. The van der Waals surface area contributed by atoms with Crippen LogP contribution in [-0.2, 0) is 0 Å². The van der Waals surface area contributed by atoms with E-state index in [1.807, 2.05) is 0 Å². The van der Waals surface area contributed by atoms with E-state index in [-0.39, 0.29) is 22.4 Å². The van der Waals surface area contributed by atoms with E-state index in [4.69, 9.17) is 11.6 Å². The Hall–Kier alpha value is -2.48. The van der Waals surface area contributed by atoms with Gasteiger partial charge in [-0.25, -0.2) is 9.97 Å². The molecule has 4 nitrogen and oxygen atoms in total. The van der Waals surface area contributed by atoms with E-state index in [1.54, 1.807) is 13.0 Å². The smallest absolute Gasteiger partial charge is 0.372 e. The van der Waals surface area contributed by atoms with Crippen LogP contribution in [0, 0.1) is 12.9 Å². The molecule has 136 valence electrons. The van der Waals surface area contributed by atoms with Crippen molar-refractivity contribution in [3.8, 4) is 11.1 Å². The number of rotatable bonds is 3. The van der Waals surface area contributed by atoms with Crippen LogP contribution in [0.1, 0.15) is 12.5 Å². The standard InChI is InChI=1S/C17H13ClF4N4/c1-8-7-10(18)3-4-11(8)12-13(25-9(2)17(20,21)22)14-16(26-15(12)19)24-6-5-23-14/h3-7,9H,1-2H3,(H,24,25,26)/t9-/m0/s1. The third-order valence-electron chi connectivity index (χ3n) is 3.89. The average molecular weight is 385 g/mol. The lowest BCUT2D eigenvalue weighted by Crippen LogP contribution is -2.33. The molecule has 3 aromatic rings. The van der Waals surface area contributed by atoms with Crippen LogP contribution in [0.5, 0.6) is 0 Å². The van der Waals surface area contributed by atoms with Gasteiger partial charge in [0.1, 0.15) is 11.6 Å². The molecule has 0 saturated carbocycles. The Morgan fingerprint density at radius 2 is 1.85 bits per heavy atom. The Kier molecular flexibility index (Phi) is 4.70. The summed E-state index contributed by atoms with van der Waals surface area (Å²) >= 11 is 5.93. The molecule has 0 fully saturated rings. The molecule has 0 aliphatic carbocycles. The second-order valence-electron chi connectivity index (χ2n) is 5.75. The predicted molar refractivity (Wildman–Crippen MR) is 91.6 cm³/mol. The molecule has 1 N–H and O–H groups in total. The van der Waals surface area contributed by atoms with Crippen LogP contribution < -0.4 is 5.32 Å². The number of aryl methyl sites for hydroxylation is 1. The molecule has 3 rings (SSSR count). The van der Waals surface area contributed by atoms with Gasteiger partial charge < -0.3 is 5.32 Å². The molecule has 1 aromatic carbocycles. The van der Waals surface area contributed by atoms with Crippen LogP contribution in [0.4, 0.5) is 23.2 Å². The van der Waals surface area contributed by atoms with Crippen molar-refractivity contribution in [3.05, 3.63) is 47.1 Å². The zero-order chi connectivity index (χ0) is 19.1. The lowest BCUT2D eigenvalue weighted by atomic mass is 9.99. The van der Waals surface area contributed by atoms with Gasteiger partial charge in [-0.2, -0.15) is 22.5 Å². The third kappa shape index (κ3) is 3.41. The Morgan fingerprint density at radius 1 is 1.15 bits per heavy atom. The molecular weight excluding hydrogens is 372 g/mol. The van der Waals surface area contributed by atoms with E-state index in [0.717, 1.165) is 6.92 Å². The number of hydrogen-bond acceptors (Lipinski definition) is 4. The summed E-state index contributed by atoms with van der Waals surface area (Å²) in [4.78, 5) is 11.7. The molecular formula is C17H13ClF4N4. The molecule has 9 heteroatoms. The van der Waals surface area contributed by atoms with Crippen molar-refractivity contribution in [3.63, 3.8) is 0 Å². The average Bonchev–Trinajstić information content (AvgIpc) is 2.55. The Labute approximate surface area is 151 Å². The molecule has 0 aliphatic rings. The van der Waals surface area contributed by atoms with Crippen LogP contribution in [0.2, 0.25) is 5.02 Å². The fraction of sp³-hybridized carbons (Fsp3) is 0.235. The number of nitrogens with zero attached hydrogens (tertiary/aromatic N) is 3. The van der Waals surface area contributed by atoms with Crippen LogP contribution in [0.3, 0.4) is 0 Å². The van der Waals surface area contributed by atoms with Crippen molar-refractivity contribution < 1.29 is 17.6 Å². The molecule has 0 spiro atoms. The maximum absolute atomic E-state index is 14.8. The molecule has 2 heterocycles. The molecule has 0 aliphatic heterocycles. The van der Waals surface area contributed by atoms with Crippen molar-refractivity contribution in [2.24, 2.45) is 0 Å². The first-order chi connectivity index (χ1) is 12.2. The second kappa shape index (κ2) is 6.68. The maximum atomic E-state index is 14.8. The summed E-state index contributed by atoms with van der Waals surface area (Å²) < 4.78 is 54.0. The van der Waals surface area contributed by atoms with E-state index < -0.39 is 18.2 Å². The summed E-state index contributed by atoms with van der Waals surface area (Å²) in [6, 6.07) is 2.72. The number of halogens is 5. The van der Waals surface area contributed by atoms with Crippen molar-refractivity contribution in [2.75, 3.05) is 5.32 Å². The van der Waals surface area contributed by atoms with E-state index in [2.05, 4.69) is 20.3 Å². The highest BCUT2D eigenvalue weighted by atomic mass is 35.5.